The Hall–Kier alpha value is -3.30. The van der Waals surface area contributed by atoms with Crippen molar-refractivity contribution in [1.29, 1.82) is 0 Å². The van der Waals surface area contributed by atoms with Crippen molar-refractivity contribution in [3.8, 4) is 5.75 Å². The van der Waals surface area contributed by atoms with Gasteiger partial charge in [-0.3, -0.25) is 14.7 Å². The summed E-state index contributed by atoms with van der Waals surface area (Å²) in [5.74, 6) is -0.641. The molecule has 0 saturated carbocycles. The molecule has 7 nitrogen and oxygen atoms in total. The highest BCUT2D eigenvalue weighted by molar-refractivity contribution is 7.91. The van der Waals surface area contributed by atoms with Gasteiger partial charge in [0, 0.05) is 6.20 Å². The number of nitrogens with zero attached hydrogens (tertiary/aromatic N) is 3. The first kappa shape index (κ1) is 22.9. The molecule has 0 atom stereocenters. The Morgan fingerprint density at radius 2 is 1.85 bits per heavy atom. The Morgan fingerprint density at radius 1 is 1.06 bits per heavy atom. The highest BCUT2D eigenvalue weighted by atomic mass is 32.2. The molecule has 2 aromatic heterocycles. The van der Waals surface area contributed by atoms with Gasteiger partial charge in [-0.15, -0.1) is 0 Å². The number of carbonyl (C=O) groups is 1. The van der Waals surface area contributed by atoms with E-state index in [1.165, 1.54) is 16.2 Å². The number of anilines is 1. The number of sulfone groups is 1. The van der Waals surface area contributed by atoms with E-state index in [0.29, 0.717) is 34.3 Å². The van der Waals surface area contributed by atoms with Crippen molar-refractivity contribution in [2.24, 2.45) is 0 Å². The predicted octanol–water partition coefficient (Wildman–Crippen LogP) is 4.24. The number of fused-ring (bicyclic) bond motifs is 1. The standard InChI is InChI=1S/C24H23N3O4S2/c1-2-31-20-11-12-21-22(14-20)32-24(26-21)27(15-19-10-6-7-13-25-19)23(28)17-33(29,30)16-18-8-4-3-5-9-18/h3-14H,2,15-17H2,1H3. The van der Waals surface area contributed by atoms with E-state index in [9.17, 15) is 13.2 Å². The van der Waals surface area contributed by atoms with Crippen molar-refractivity contribution in [3.63, 3.8) is 0 Å². The maximum absolute atomic E-state index is 13.3. The summed E-state index contributed by atoms with van der Waals surface area (Å²) in [5, 5.41) is 0.421. The highest BCUT2D eigenvalue weighted by Gasteiger charge is 2.26. The lowest BCUT2D eigenvalue weighted by Gasteiger charge is -2.19. The van der Waals surface area contributed by atoms with Gasteiger partial charge in [0.2, 0.25) is 5.91 Å². The molecule has 0 spiro atoms. The fraction of sp³-hybridized carbons (Fsp3) is 0.208. The summed E-state index contributed by atoms with van der Waals surface area (Å²) >= 11 is 1.31. The molecule has 2 heterocycles. The lowest BCUT2D eigenvalue weighted by molar-refractivity contribution is -0.116. The molecule has 33 heavy (non-hydrogen) atoms. The number of hydrogen-bond donors (Lipinski definition) is 0. The molecule has 170 valence electrons. The molecule has 0 unspecified atom stereocenters. The van der Waals surface area contributed by atoms with E-state index in [-0.39, 0.29) is 12.3 Å². The van der Waals surface area contributed by atoms with Crippen molar-refractivity contribution in [3.05, 3.63) is 84.2 Å². The van der Waals surface area contributed by atoms with Gasteiger partial charge in [0.25, 0.3) is 0 Å². The lowest BCUT2D eigenvalue weighted by Crippen LogP contribution is -2.36. The zero-order valence-electron chi connectivity index (χ0n) is 18.0. The normalized spacial score (nSPS) is 11.4. The van der Waals surface area contributed by atoms with Crippen molar-refractivity contribution in [2.45, 2.75) is 19.2 Å². The maximum Gasteiger partial charge on any atom is 0.244 e. The van der Waals surface area contributed by atoms with Crippen molar-refractivity contribution >= 4 is 42.4 Å². The number of carbonyl (C=O) groups excluding carboxylic acids is 1. The van der Waals surface area contributed by atoms with Gasteiger partial charge < -0.3 is 4.74 Å². The maximum atomic E-state index is 13.3. The number of aromatic nitrogens is 2. The fourth-order valence-electron chi connectivity index (χ4n) is 3.33. The van der Waals surface area contributed by atoms with Crippen LogP contribution in [0.3, 0.4) is 0 Å². The predicted molar refractivity (Wildman–Crippen MR) is 130 cm³/mol. The zero-order valence-corrected chi connectivity index (χ0v) is 19.7. The van der Waals surface area contributed by atoms with Gasteiger partial charge in [-0.05, 0) is 42.8 Å². The van der Waals surface area contributed by atoms with E-state index in [2.05, 4.69) is 9.97 Å². The number of benzene rings is 2. The molecule has 4 aromatic rings. The summed E-state index contributed by atoms with van der Waals surface area (Å²) in [7, 11) is -3.68. The van der Waals surface area contributed by atoms with Crippen LogP contribution in [0, 0.1) is 0 Å². The second-order valence-corrected chi connectivity index (χ2v) is 10.5. The van der Waals surface area contributed by atoms with Crippen molar-refractivity contribution < 1.29 is 17.9 Å². The van der Waals surface area contributed by atoms with Crippen molar-refractivity contribution in [2.75, 3.05) is 17.3 Å². The molecular formula is C24H23N3O4S2. The van der Waals surface area contributed by atoms with Crippen LogP contribution in [0.15, 0.2) is 72.9 Å². The summed E-state index contributed by atoms with van der Waals surface area (Å²) in [6.07, 6.45) is 1.64. The summed E-state index contributed by atoms with van der Waals surface area (Å²) < 4.78 is 32.0. The van der Waals surface area contributed by atoms with Gasteiger partial charge in [0.1, 0.15) is 11.5 Å². The Kier molecular flexibility index (Phi) is 7.00. The summed E-state index contributed by atoms with van der Waals surface area (Å²) in [6, 6.07) is 19.8. The van der Waals surface area contributed by atoms with Crippen molar-refractivity contribution in [1.82, 2.24) is 9.97 Å². The molecule has 4 rings (SSSR count). The Balaban J connectivity index is 1.63. The van der Waals surface area contributed by atoms with Gasteiger partial charge >= 0.3 is 0 Å². The number of ether oxygens (including phenoxy) is 1. The number of amides is 1. The van der Waals surface area contributed by atoms with E-state index >= 15 is 0 Å². The number of rotatable bonds is 9. The number of thiazole rings is 1. The number of hydrogen-bond acceptors (Lipinski definition) is 7. The molecule has 0 radical (unpaired) electrons. The Bertz CT molecular complexity index is 1340. The Labute approximate surface area is 196 Å². The van der Waals surface area contributed by atoms with Crippen LogP contribution in [0.2, 0.25) is 0 Å². The zero-order chi connectivity index (χ0) is 23.3. The largest absolute Gasteiger partial charge is 0.494 e. The van der Waals surface area contributed by atoms with Gasteiger partial charge in [0.15, 0.2) is 15.0 Å². The minimum atomic E-state index is -3.68. The van der Waals surface area contributed by atoms with Crippen LogP contribution in [0.25, 0.3) is 10.2 Å². The first-order valence-electron chi connectivity index (χ1n) is 10.4. The third-order valence-electron chi connectivity index (χ3n) is 4.81. The molecule has 0 bridgehead atoms. The molecule has 9 heteroatoms. The summed E-state index contributed by atoms with van der Waals surface area (Å²) in [6.45, 7) is 2.57. The third kappa shape index (κ3) is 5.94. The Morgan fingerprint density at radius 3 is 2.58 bits per heavy atom. The molecule has 0 aliphatic rings. The van der Waals surface area contributed by atoms with E-state index in [4.69, 9.17) is 4.74 Å². The lowest BCUT2D eigenvalue weighted by atomic mass is 10.2. The quantitative estimate of drug-likeness (QED) is 0.355. The number of pyridine rings is 1. The molecular weight excluding hydrogens is 458 g/mol. The average molecular weight is 482 g/mol. The van der Waals surface area contributed by atoms with Crippen LogP contribution in [0.1, 0.15) is 18.2 Å². The topological polar surface area (TPSA) is 89.5 Å². The molecule has 0 fully saturated rings. The molecule has 0 aliphatic carbocycles. The van der Waals surface area contributed by atoms with Gasteiger partial charge in [-0.1, -0.05) is 47.7 Å². The first-order valence-corrected chi connectivity index (χ1v) is 13.1. The van der Waals surface area contributed by atoms with Crippen LogP contribution in [-0.2, 0) is 26.9 Å². The second-order valence-electron chi connectivity index (χ2n) is 7.38. The van der Waals surface area contributed by atoms with Crippen LogP contribution >= 0.6 is 11.3 Å². The van der Waals surface area contributed by atoms with E-state index in [1.807, 2.05) is 37.3 Å². The molecule has 0 aliphatic heterocycles. The highest BCUT2D eigenvalue weighted by Crippen LogP contribution is 2.32. The van der Waals surface area contributed by atoms with Gasteiger partial charge in [-0.25, -0.2) is 13.4 Å². The monoisotopic (exact) mass is 481 g/mol. The van der Waals surface area contributed by atoms with Gasteiger partial charge in [0.05, 0.1) is 34.8 Å². The van der Waals surface area contributed by atoms with Crippen LogP contribution < -0.4 is 9.64 Å². The second kappa shape index (κ2) is 10.1. The van der Waals surface area contributed by atoms with Crippen LogP contribution in [-0.4, -0.2) is 36.7 Å². The summed E-state index contributed by atoms with van der Waals surface area (Å²) in [4.78, 5) is 23.5. The minimum Gasteiger partial charge on any atom is -0.494 e. The van der Waals surface area contributed by atoms with E-state index in [1.54, 1.807) is 42.6 Å². The fourth-order valence-corrected chi connectivity index (χ4v) is 5.67. The first-order chi connectivity index (χ1) is 15.9. The molecule has 0 saturated heterocycles. The van der Waals surface area contributed by atoms with E-state index in [0.717, 1.165) is 4.70 Å². The molecule has 0 N–H and O–H groups in total. The third-order valence-corrected chi connectivity index (χ3v) is 7.31. The van der Waals surface area contributed by atoms with Crippen LogP contribution in [0.4, 0.5) is 5.13 Å². The van der Waals surface area contributed by atoms with Gasteiger partial charge in [-0.2, -0.15) is 0 Å². The minimum absolute atomic E-state index is 0.124. The molecule has 1 amide bonds. The average Bonchev–Trinajstić information content (AvgIpc) is 3.21. The van der Waals surface area contributed by atoms with Crippen LogP contribution in [0.5, 0.6) is 5.75 Å². The summed E-state index contributed by atoms with van der Waals surface area (Å²) in [5.41, 5.74) is 2.00. The smallest absolute Gasteiger partial charge is 0.244 e. The SMILES string of the molecule is CCOc1ccc2nc(N(Cc3ccccn3)C(=O)CS(=O)(=O)Cc3ccccc3)sc2c1. The molecule has 2 aromatic carbocycles. The van der Waals surface area contributed by atoms with E-state index < -0.39 is 21.5 Å².